The lowest BCUT2D eigenvalue weighted by Gasteiger charge is -2.27. The molecule has 0 radical (unpaired) electrons. The van der Waals surface area contributed by atoms with Gasteiger partial charge >= 0.3 is 0 Å². The molecule has 1 aliphatic carbocycles. The minimum Gasteiger partial charge on any atom is -0.496 e. The number of benzene rings is 2. The number of carbonyl (C=O) groups is 1. The number of hydrogen-bond acceptors (Lipinski definition) is 3. The molecule has 1 amide bonds. The maximum atomic E-state index is 14.8. The Kier molecular flexibility index (Phi) is 6.63. The van der Waals surface area contributed by atoms with Crippen molar-refractivity contribution in [2.45, 2.75) is 38.6 Å². The summed E-state index contributed by atoms with van der Waals surface area (Å²) in [4.78, 5) is 12.7. The molecule has 0 saturated heterocycles. The maximum absolute atomic E-state index is 14.8. The number of nitrogens with one attached hydrogen (secondary N) is 1. The zero-order chi connectivity index (χ0) is 21.1. The van der Waals surface area contributed by atoms with Gasteiger partial charge in [-0.2, -0.15) is 0 Å². The molecule has 1 aliphatic rings. The zero-order valence-electron chi connectivity index (χ0n) is 16.7. The first-order chi connectivity index (χ1) is 13.8. The molecule has 3 rings (SSSR count). The van der Waals surface area contributed by atoms with Crippen LogP contribution in [0.3, 0.4) is 0 Å². The number of methoxy groups -OCH3 is 2. The second kappa shape index (κ2) is 8.99. The largest absolute Gasteiger partial charge is 0.496 e. The monoisotopic (exact) mass is 423 g/mol. The van der Waals surface area contributed by atoms with Crippen LogP contribution in [0.2, 0.25) is 5.02 Å². The van der Waals surface area contributed by atoms with Crippen molar-refractivity contribution in [3.05, 3.63) is 46.5 Å². The molecule has 2 aromatic rings. The van der Waals surface area contributed by atoms with Crippen LogP contribution in [0.25, 0.3) is 11.1 Å². The standard InChI is InChI=1S/C22H24ClF2NO3/c1-12-4-7-14(8-5-12)26-22(27)13-6-9-17(28-2)15(10-13)19-16(24)11-18(29-3)20(23)21(19)25/h6,9-12,14H,4-5,7-8H2,1-3H3,(H,26,27). The number of ether oxygens (including phenoxy) is 2. The third-order valence-electron chi connectivity index (χ3n) is 5.43. The summed E-state index contributed by atoms with van der Waals surface area (Å²) in [6, 6.07) is 5.63. The predicted molar refractivity (Wildman–Crippen MR) is 109 cm³/mol. The molecule has 4 nitrogen and oxygen atoms in total. The van der Waals surface area contributed by atoms with Gasteiger partial charge < -0.3 is 14.8 Å². The highest BCUT2D eigenvalue weighted by atomic mass is 35.5. The molecule has 29 heavy (non-hydrogen) atoms. The van der Waals surface area contributed by atoms with Crippen LogP contribution in [-0.4, -0.2) is 26.2 Å². The minimum absolute atomic E-state index is 0.105. The van der Waals surface area contributed by atoms with E-state index in [1.54, 1.807) is 6.07 Å². The quantitative estimate of drug-likeness (QED) is 0.636. The van der Waals surface area contributed by atoms with Gasteiger partial charge in [0.15, 0.2) is 5.82 Å². The summed E-state index contributed by atoms with van der Waals surface area (Å²) in [5.41, 5.74) is 0.0379. The van der Waals surface area contributed by atoms with E-state index in [0.717, 1.165) is 31.7 Å². The first-order valence-corrected chi connectivity index (χ1v) is 9.94. The Labute approximate surface area is 174 Å². The first kappa shape index (κ1) is 21.4. The molecule has 0 spiro atoms. The van der Waals surface area contributed by atoms with Gasteiger partial charge in [-0.25, -0.2) is 8.78 Å². The fourth-order valence-corrected chi connectivity index (χ4v) is 3.91. The van der Waals surface area contributed by atoms with Gasteiger partial charge in [0.2, 0.25) is 0 Å². The van der Waals surface area contributed by atoms with E-state index in [4.69, 9.17) is 21.1 Å². The van der Waals surface area contributed by atoms with Gasteiger partial charge in [-0.1, -0.05) is 18.5 Å². The van der Waals surface area contributed by atoms with E-state index in [9.17, 15) is 13.6 Å². The van der Waals surface area contributed by atoms with Crippen LogP contribution in [-0.2, 0) is 0 Å². The van der Waals surface area contributed by atoms with Crippen molar-refractivity contribution in [2.24, 2.45) is 5.92 Å². The summed E-state index contributed by atoms with van der Waals surface area (Å²) in [5, 5.41) is 2.68. The molecular weight excluding hydrogens is 400 g/mol. The molecule has 1 N–H and O–H groups in total. The second-order valence-corrected chi connectivity index (χ2v) is 7.79. The van der Waals surface area contributed by atoms with Crippen molar-refractivity contribution in [1.82, 2.24) is 5.32 Å². The van der Waals surface area contributed by atoms with Crippen molar-refractivity contribution >= 4 is 17.5 Å². The first-order valence-electron chi connectivity index (χ1n) is 9.56. The average molecular weight is 424 g/mol. The summed E-state index contributed by atoms with van der Waals surface area (Å²) in [6.45, 7) is 2.21. The molecule has 0 atom stereocenters. The van der Waals surface area contributed by atoms with Gasteiger partial charge in [-0.3, -0.25) is 4.79 Å². The van der Waals surface area contributed by atoms with Crippen LogP contribution in [0.5, 0.6) is 11.5 Å². The summed E-state index contributed by atoms with van der Waals surface area (Å²) < 4.78 is 39.7. The molecule has 0 aromatic heterocycles. The van der Waals surface area contributed by atoms with E-state index in [2.05, 4.69) is 12.2 Å². The van der Waals surface area contributed by atoms with E-state index in [0.29, 0.717) is 11.5 Å². The Morgan fingerprint density at radius 2 is 1.72 bits per heavy atom. The fraction of sp³-hybridized carbons (Fsp3) is 0.409. The number of rotatable bonds is 5. The molecule has 1 saturated carbocycles. The van der Waals surface area contributed by atoms with E-state index >= 15 is 0 Å². The summed E-state index contributed by atoms with van der Waals surface area (Å²) in [6.07, 6.45) is 3.99. The van der Waals surface area contributed by atoms with Crippen LogP contribution in [0.1, 0.15) is 43.0 Å². The third-order valence-corrected chi connectivity index (χ3v) is 5.78. The molecule has 0 unspecified atom stereocenters. The van der Waals surface area contributed by atoms with E-state index < -0.39 is 11.6 Å². The molecule has 0 bridgehead atoms. The van der Waals surface area contributed by atoms with Gasteiger partial charge in [-0.05, 0) is 49.8 Å². The van der Waals surface area contributed by atoms with Crippen LogP contribution in [0.15, 0.2) is 24.3 Å². The van der Waals surface area contributed by atoms with Gasteiger partial charge in [0.05, 0.1) is 19.8 Å². The third kappa shape index (κ3) is 4.47. The highest BCUT2D eigenvalue weighted by molar-refractivity contribution is 6.32. The molecule has 1 fully saturated rings. The van der Waals surface area contributed by atoms with Crippen molar-refractivity contribution in [3.63, 3.8) is 0 Å². The summed E-state index contributed by atoms with van der Waals surface area (Å²) in [5.74, 6) is -1.33. The second-order valence-electron chi connectivity index (χ2n) is 7.41. The normalized spacial score (nSPS) is 19.0. The van der Waals surface area contributed by atoms with Crippen LogP contribution in [0.4, 0.5) is 8.78 Å². The van der Waals surface area contributed by atoms with Gasteiger partial charge in [-0.15, -0.1) is 0 Å². The van der Waals surface area contributed by atoms with Crippen LogP contribution < -0.4 is 14.8 Å². The van der Waals surface area contributed by atoms with Gasteiger partial charge in [0.1, 0.15) is 22.3 Å². The average Bonchev–Trinajstić information content (AvgIpc) is 2.72. The highest BCUT2D eigenvalue weighted by Crippen LogP contribution is 2.40. The van der Waals surface area contributed by atoms with Crippen LogP contribution >= 0.6 is 11.6 Å². The number of hydrogen-bond donors (Lipinski definition) is 1. The van der Waals surface area contributed by atoms with Crippen molar-refractivity contribution in [1.29, 1.82) is 0 Å². The Morgan fingerprint density at radius 3 is 2.34 bits per heavy atom. The smallest absolute Gasteiger partial charge is 0.251 e. The minimum atomic E-state index is -0.972. The fourth-order valence-electron chi connectivity index (χ4n) is 3.69. The molecule has 2 aromatic carbocycles. The molecular formula is C22H24ClF2NO3. The lowest BCUT2D eigenvalue weighted by atomic mass is 9.87. The lowest BCUT2D eigenvalue weighted by Crippen LogP contribution is -2.37. The Balaban J connectivity index is 1.96. The van der Waals surface area contributed by atoms with E-state index in [1.165, 1.54) is 26.4 Å². The Morgan fingerprint density at radius 1 is 1.07 bits per heavy atom. The highest BCUT2D eigenvalue weighted by Gasteiger charge is 2.24. The predicted octanol–water partition coefficient (Wildman–Crippen LogP) is 5.61. The number of halogens is 3. The zero-order valence-corrected chi connectivity index (χ0v) is 17.4. The van der Waals surface area contributed by atoms with Gasteiger partial charge in [0.25, 0.3) is 5.91 Å². The SMILES string of the molecule is COc1ccc(C(=O)NC2CCC(C)CC2)cc1-c1c(F)cc(OC)c(Cl)c1F. The summed E-state index contributed by atoms with van der Waals surface area (Å²) >= 11 is 5.97. The molecule has 156 valence electrons. The number of amides is 1. The topological polar surface area (TPSA) is 47.6 Å². The van der Waals surface area contributed by atoms with Crippen molar-refractivity contribution in [3.8, 4) is 22.6 Å². The molecule has 0 heterocycles. The van der Waals surface area contributed by atoms with E-state index in [1.807, 2.05) is 0 Å². The Bertz CT molecular complexity index is 911. The molecule has 0 aliphatic heterocycles. The molecule has 7 heteroatoms. The summed E-state index contributed by atoms with van der Waals surface area (Å²) in [7, 11) is 2.67. The number of carbonyl (C=O) groups excluding carboxylic acids is 1. The maximum Gasteiger partial charge on any atom is 0.251 e. The lowest BCUT2D eigenvalue weighted by molar-refractivity contribution is 0.0923. The van der Waals surface area contributed by atoms with E-state index in [-0.39, 0.29) is 39.6 Å². The van der Waals surface area contributed by atoms with Gasteiger partial charge in [0, 0.05) is 23.2 Å². The van der Waals surface area contributed by atoms with Crippen molar-refractivity contribution in [2.75, 3.05) is 14.2 Å². The van der Waals surface area contributed by atoms with Crippen LogP contribution in [0, 0.1) is 17.6 Å². The van der Waals surface area contributed by atoms with Crippen molar-refractivity contribution < 1.29 is 23.0 Å². The Hall–Kier alpha value is -2.34.